The molecule has 0 bridgehead atoms. The van der Waals surface area contributed by atoms with Crippen LogP contribution in [0.15, 0.2) is 36.4 Å². The summed E-state index contributed by atoms with van der Waals surface area (Å²) in [6.07, 6.45) is -0.673. The Hall–Kier alpha value is -2.89. The maximum Gasteiger partial charge on any atom is 0.315 e. The van der Waals surface area contributed by atoms with Crippen molar-refractivity contribution in [1.29, 1.82) is 0 Å². The molecule has 0 radical (unpaired) electrons. The highest BCUT2D eigenvalue weighted by Gasteiger charge is 2.42. The maximum atomic E-state index is 11.8. The number of hydrogen-bond acceptors (Lipinski definition) is 5. The van der Waals surface area contributed by atoms with E-state index in [1.165, 1.54) is 14.2 Å². The van der Waals surface area contributed by atoms with Crippen LogP contribution in [-0.4, -0.2) is 32.4 Å². The molecule has 1 aliphatic rings. The molecule has 0 unspecified atom stereocenters. The topological polar surface area (TPSA) is 74.2 Å². The smallest absolute Gasteiger partial charge is 0.315 e. The second-order valence-corrected chi connectivity index (χ2v) is 5.35. The van der Waals surface area contributed by atoms with Gasteiger partial charge in [0.25, 0.3) is 0 Å². The molecule has 0 fully saturated rings. The van der Waals surface area contributed by atoms with E-state index in [1.54, 1.807) is 43.5 Å². The molecule has 6 nitrogen and oxygen atoms in total. The number of methoxy groups -OCH3 is 3. The van der Waals surface area contributed by atoms with Crippen LogP contribution >= 0.6 is 0 Å². The van der Waals surface area contributed by atoms with Crippen molar-refractivity contribution in [2.75, 3.05) is 21.3 Å². The Kier molecular flexibility index (Phi) is 4.20. The second kappa shape index (κ2) is 6.31. The summed E-state index contributed by atoms with van der Waals surface area (Å²) in [6.45, 7) is 0. The number of fused-ring (bicyclic) bond motifs is 1. The zero-order valence-electron chi connectivity index (χ0n) is 13.6. The number of carbonyl (C=O) groups is 1. The molecular formula is C18H18O6. The van der Waals surface area contributed by atoms with Crippen LogP contribution in [0.2, 0.25) is 0 Å². The molecular weight excluding hydrogens is 312 g/mol. The molecule has 0 aromatic heterocycles. The van der Waals surface area contributed by atoms with Crippen LogP contribution in [0.3, 0.4) is 0 Å². The highest BCUT2D eigenvalue weighted by atomic mass is 16.5. The van der Waals surface area contributed by atoms with E-state index in [0.29, 0.717) is 34.1 Å². The first-order valence-corrected chi connectivity index (χ1v) is 7.39. The SMILES string of the molecule is COc1ccc([C@H]2Oc3c(OC)cccc3[C@@H]2C(=O)O)cc1OC. The van der Waals surface area contributed by atoms with Crippen LogP contribution in [0, 0.1) is 0 Å². The number of carboxylic acid groups (broad SMARTS) is 1. The molecule has 0 aliphatic carbocycles. The van der Waals surface area contributed by atoms with Gasteiger partial charge >= 0.3 is 5.97 Å². The fourth-order valence-corrected chi connectivity index (χ4v) is 2.98. The monoisotopic (exact) mass is 330 g/mol. The summed E-state index contributed by atoms with van der Waals surface area (Å²) in [5.74, 6) is 0.288. The summed E-state index contributed by atoms with van der Waals surface area (Å²) in [5.41, 5.74) is 1.29. The summed E-state index contributed by atoms with van der Waals surface area (Å²) >= 11 is 0. The summed E-state index contributed by atoms with van der Waals surface area (Å²) in [7, 11) is 4.60. The third-order valence-electron chi connectivity index (χ3n) is 4.11. The van der Waals surface area contributed by atoms with Gasteiger partial charge in [-0.05, 0) is 23.8 Å². The average Bonchev–Trinajstić information content (AvgIpc) is 3.00. The first-order chi connectivity index (χ1) is 11.6. The molecule has 1 aliphatic heterocycles. The largest absolute Gasteiger partial charge is 0.493 e. The van der Waals surface area contributed by atoms with E-state index in [9.17, 15) is 9.90 Å². The van der Waals surface area contributed by atoms with Crippen molar-refractivity contribution in [2.45, 2.75) is 12.0 Å². The van der Waals surface area contributed by atoms with E-state index in [4.69, 9.17) is 18.9 Å². The molecule has 0 saturated carbocycles. The van der Waals surface area contributed by atoms with Crippen LogP contribution in [0.5, 0.6) is 23.0 Å². The molecule has 1 N–H and O–H groups in total. The second-order valence-electron chi connectivity index (χ2n) is 5.35. The van der Waals surface area contributed by atoms with E-state index in [-0.39, 0.29) is 0 Å². The van der Waals surface area contributed by atoms with E-state index in [0.717, 1.165) is 0 Å². The Balaban J connectivity index is 2.07. The minimum absolute atomic E-state index is 0.465. The minimum Gasteiger partial charge on any atom is -0.493 e. The van der Waals surface area contributed by atoms with Gasteiger partial charge in [-0.2, -0.15) is 0 Å². The Morgan fingerprint density at radius 1 is 1.00 bits per heavy atom. The molecule has 0 spiro atoms. The fourth-order valence-electron chi connectivity index (χ4n) is 2.98. The number of rotatable bonds is 5. The molecule has 126 valence electrons. The van der Waals surface area contributed by atoms with Gasteiger partial charge in [-0.3, -0.25) is 4.79 Å². The average molecular weight is 330 g/mol. The van der Waals surface area contributed by atoms with Crippen molar-refractivity contribution in [3.63, 3.8) is 0 Å². The molecule has 2 atom stereocenters. The molecule has 1 heterocycles. The Labute approximate surface area is 139 Å². The highest BCUT2D eigenvalue weighted by molar-refractivity contribution is 5.80. The number of carboxylic acids is 1. The normalized spacial score (nSPS) is 18.5. The van der Waals surface area contributed by atoms with Crippen LogP contribution in [-0.2, 0) is 4.79 Å². The lowest BCUT2D eigenvalue weighted by atomic mass is 9.91. The summed E-state index contributed by atoms with van der Waals surface area (Å²) in [5, 5.41) is 9.71. The van der Waals surface area contributed by atoms with Crippen LogP contribution in [0.25, 0.3) is 0 Å². The Morgan fingerprint density at radius 2 is 1.71 bits per heavy atom. The highest BCUT2D eigenvalue weighted by Crippen LogP contribution is 2.51. The van der Waals surface area contributed by atoms with Gasteiger partial charge in [0.05, 0.1) is 21.3 Å². The minimum atomic E-state index is -0.957. The zero-order chi connectivity index (χ0) is 17.3. The van der Waals surface area contributed by atoms with Gasteiger partial charge in [-0.15, -0.1) is 0 Å². The van der Waals surface area contributed by atoms with Crippen LogP contribution < -0.4 is 18.9 Å². The van der Waals surface area contributed by atoms with Gasteiger partial charge in [0.1, 0.15) is 12.0 Å². The van der Waals surface area contributed by atoms with Crippen molar-refractivity contribution in [2.24, 2.45) is 0 Å². The molecule has 0 saturated heterocycles. The van der Waals surface area contributed by atoms with Gasteiger partial charge in [0.2, 0.25) is 0 Å². The van der Waals surface area contributed by atoms with E-state index >= 15 is 0 Å². The van der Waals surface area contributed by atoms with Gasteiger partial charge in [0, 0.05) is 5.56 Å². The van der Waals surface area contributed by atoms with Gasteiger partial charge in [0.15, 0.2) is 23.0 Å². The standard InChI is InChI=1S/C18H18O6/c1-21-12-8-7-10(9-14(12)23-3)16-15(18(19)20)11-5-4-6-13(22-2)17(11)24-16/h4-9,15-16H,1-3H3,(H,19,20)/t15-,16+/m0/s1. The van der Waals surface area contributed by atoms with Crippen molar-refractivity contribution in [1.82, 2.24) is 0 Å². The lowest BCUT2D eigenvalue weighted by Crippen LogP contribution is -2.18. The molecule has 24 heavy (non-hydrogen) atoms. The Morgan fingerprint density at radius 3 is 2.33 bits per heavy atom. The van der Waals surface area contributed by atoms with Crippen LogP contribution in [0.4, 0.5) is 0 Å². The number of aliphatic carboxylic acids is 1. The third kappa shape index (κ3) is 2.50. The van der Waals surface area contributed by atoms with Gasteiger partial charge < -0.3 is 24.1 Å². The fraction of sp³-hybridized carbons (Fsp3) is 0.278. The number of ether oxygens (including phenoxy) is 4. The summed E-state index contributed by atoms with van der Waals surface area (Å²) in [4.78, 5) is 11.8. The Bertz CT molecular complexity index is 770. The zero-order valence-corrected chi connectivity index (χ0v) is 13.6. The first-order valence-electron chi connectivity index (χ1n) is 7.39. The van der Waals surface area contributed by atoms with Crippen molar-refractivity contribution in [3.05, 3.63) is 47.5 Å². The maximum absolute atomic E-state index is 11.8. The molecule has 2 aromatic rings. The summed E-state index contributed by atoms with van der Waals surface area (Å²) in [6, 6.07) is 10.5. The van der Waals surface area contributed by atoms with E-state index in [1.807, 2.05) is 0 Å². The first kappa shape index (κ1) is 16.0. The predicted molar refractivity (Wildman–Crippen MR) is 86.3 cm³/mol. The van der Waals surface area contributed by atoms with E-state index < -0.39 is 18.0 Å². The number of hydrogen-bond donors (Lipinski definition) is 1. The third-order valence-corrected chi connectivity index (χ3v) is 4.11. The number of benzene rings is 2. The number of para-hydroxylation sites is 1. The predicted octanol–water partition coefficient (Wildman–Crippen LogP) is 3.01. The summed E-state index contributed by atoms with van der Waals surface area (Å²) < 4.78 is 21.8. The molecule has 3 rings (SSSR count). The molecule has 2 aromatic carbocycles. The van der Waals surface area contributed by atoms with Gasteiger partial charge in [-0.25, -0.2) is 0 Å². The lowest BCUT2D eigenvalue weighted by molar-refractivity contribution is -0.140. The van der Waals surface area contributed by atoms with E-state index in [2.05, 4.69) is 0 Å². The van der Waals surface area contributed by atoms with Crippen molar-refractivity contribution in [3.8, 4) is 23.0 Å². The van der Waals surface area contributed by atoms with Crippen molar-refractivity contribution < 1.29 is 28.8 Å². The van der Waals surface area contributed by atoms with Crippen molar-refractivity contribution >= 4 is 5.97 Å². The quantitative estimate of drug-likeness (QED) is 0.908. The molecule has 0 amide bonds. The van der Waals surface area contributed by atoms with Crippen LogP contribution in [0.1, 0.15) is 23.1 Å². The lowest BCUT2D eigenvalue weighted by Gasteiger charge is -2.18. The molecule has 6 heteroatoms. The van der Waals surface area contributed by atoms with Gasteiger partial charge in [-0.1, -0.05) is 18.2 Å².